The van der Waals surface area contributed by atoms with Crippen LogP contribution in [0.5, 0.6) is 5.75 Å². The van der Waals surface area contributed by atoms with Crippen LogP contribution in [0.2, 0.25) is 0 Å². The van der Waals surface area contributed by atoms with Crippen LogP contribution in [0.1, 0.15) is 31.2 Å². The zero-order chi connectivity index (χ0) is 15.3. The minimum Gasteiger partial charge on any atom is -0.493 e. The van der Waals surface area contributed by atoms with E-state index < -0.39 is 11.4 Å². The van der Waals surface area contributed by atoms with E-state index in [9.17, 15) is 14.7 Å². The van der Waals surface area contributed by atoms with Gasteiger partial charge in [0.25, 0.3) is 0 Å². The maximum atomic E-state index is 11.7. The van der Waals surface area contributed by atoms with Crippen LogP contribution >= 0.6 is 0 Å². The average molecular weight is 291 g/mol. The molecule has 1 aromatic rings. The highest BCUT2D eigenvalue weighted by Gasteiger charge is 2.44. The van der Waals surface area contributed by atoms with Crippen molar-refractivity contribution in [2.75, 3.05) is 13.2 Å². The lowest BCUT2D eigenvalue weighted by Crippen LogP contribution is -2.47. The van der Waals surface area contributed by atoms with Gasteiger partial charge in [0.1, 0.15) is 5.75 Å². The largest absolute Gasteiger partial charge is 0.493 e. The summed E-state index contributed by atoms with van der Waals surface area (Å²) in [7, 11) is 0. The van der Waals surface area contributed by atoms with Crippen LogP contribution in [0.3, 0.4) is 0 Å². The number of hydrogen-bond acceptors (Lipinski definition) is 3. The molecule has 0 bridgehead atoms. The van der Waals surface area contributed by atoms with Crippen LogP contribution in [-0.2, 0) is 9.59 Å². The summed E-state index contributed by atoms with van der Waals surface area (Å²) < 4.78 is 5.55. The molecule has 2 rings (SSSR count). The van der Waals surface area contributed by atoms with E-state index in [0.29, 0.717) is 12.8 Å². The first-order valence-corrected chi connectivity index (χ1v) is 7.22. The molecule has 5 nitrogen and oxygen atoms in total. The fourth-order valence-electron chi connectivity index (χ4n) is 2.40. The fourth-order valence-corrected chi connectivity index (χ4v) is 2.40. The van der Waals surface area contributed by atoms with E-state index in [2.05, 4.69) is 5.32 Å². The number of aliphatic carboxylic acids is 1. The average Bonchev–Trinajstić information content (AvgIpc) is 2.39. The number of carbonyl (C=O) groups excluding carboxylic acids is 1. The molecule has 21 heavy (non-hydrogen) atoms. The van der Waals surface area contributed by atoms with Crippen molar-refractivity contribution in [1.82, 2.24) is 5.32 Å². The lowest BCUT2D eigenvalue weighted by Gasteiger charge is -2.37. The quantitative estimate of drug-likeness (QED) is 0.807. The molecule has 1 saturated carbocycles. The summed E-state index contributed by atoms with van der Waals surface area (Å²) in [5.74, 6) is -0.215. The zero-order valence-corrected chi connectivity index (χ0v) is 12.2. The lowest BCUT2D eigenvalue weighted by molar-refractivity contribution is -0.154. The summed E-state index contributed by atoms with van der Waals surface area (Å²) >= 11 is 0. The molecule has 0 aliphatic heterocycles. The number of ether oxygens (including phenoxy) is 1. The predicted molar refractivity (Wildman–Crippen MR) is 78.2 cm³/mol. The first-order valence-electron chi connectivity index (χ1n) is 7.22. The van der Waals surface area contributed by atoms with Crippen LogP contribution in [-0.4, -0.2) is 30.1 Å². The lowest BCUT2D eigenvalue weighted by atomic mass is 9.69. The van der Waals surface area contributed by atoms with Gasteiger partial charge in [0, 0.05) is 6.54 Å². The number of hydrogen-bond donors (Lipinski definition) is 2. The highest BCUT2D eigenvalue weighted by atomic mass is 16.5. The summed E-state index contributed by atoms with van der Waals surface area (Å²) in [6, 6.07) is 7.62. The molecule has 0 atom stereocenters. The Hall–Kier alpha value is -2.04. The van der Waals surface area contributed by atoms with Crippen molar-refractivity contribution in [3.63, 3.8) is 0 Å². The van der Waals surface area contributed by atoms with Crippen molar-refractivity contribution in [2.45, 2.75) is 32.6 Å². The van der Waals surface area contributed by atoms with Crippen LogP contribution in [0, 0.1) is 12.3 Å². The minimum atomic E-state index is -0.815. The Kier molecular flexibility index (Phi) is 4.83. The molecular formula is C16H21NO4. The maximum Gasteiger partial charge on any atom is 0.311 e. The number of carboxylic acids is 1. The number of amides is 1. The van der Waals surface area contributed by atoms with Crippen molar-refractivity contribution in [3.8, 4) is 5.75 Å². The van der Waals surface area contributed by atoms with E-state index in [4.69, 9.17) is 4.74 Å². The van der Waals surface area contributed by atoms with E-state index in [-0.39, 0.29) is 25.5 Å². The fraction of sp³-hybridized carbons (Fsp3) is 0.500. The minimum absolute atomic E-state index is 0.170. The van der Waals surface area contributed by atoms with Gasteiger partial charge in [-0.1, -0.05) is 24.6 Å². The van der Waals surface area contributed by atoms with Gasteiger partial charge in [-0.2, -0.15) is 0 Å². The Morgan fingerprint density at radius 2 is 2.05 bits per heavy atom. The number of para-hydroxylation sites is 1. The monoisotopic (exact) mass is 291 g/mol. The number of rotatable bonds is 7. The number of aryl methyl sites for hydroxylation is 1. The molecule has 0 spiro atoms. The normalized spacial score (nSPS) is 15.9. The molecule has 0 saturated heterocycles. The van der Waals surface area contributed by atoms with Crippen LogP contribution in [0.4, 0.5) is 0 Å². The second kappa shape index (κ2) is 6.61. The molecule has 2 N–H and O–H groups in total. The Morgan fingerprint density at radius 3 is 2.62 bits per heavy atom. The molecule has 1 aliphatic carbocycles. The first kappa shape index (κ1) is 15.4. The molecule has 114 valence electrons. The second-order valence-corrected chi connectivity index (χ2v) is 5.58. The van der Waals surface area contributed by atoms with E-state index in [1.165, 1.54) is 0 Å². The van der Waals surface area contributed by atoms with Gasteiger partial charge in [0.15, 0.2) is 0 Å². The molecular weight excluding hydrogens is 270 g/mol. The highest BCUT2D eigenvalue weighted by molar-refractivity contribution is 5.79. The van der Waals surface area contributed by atoms with E-state index in [1.54, 1.807) is 0 Å². The van der Waals surface area contributed by atoms with Crippen molar-refractivity contribution in [1.29, 1.82) is 0 Å². The Bertz CT molecular complexity index is 523. The standard InChI is InChI=1S/C16H21NO4/c1-12-5-2-3-6-13(12)21-10-7-14(18)17-11-16(15(19)20)8-4-9-16/h2-3,5-6H,4,7-11H2,1H3,(H,17,18)(H,19,20). The van der Waals surface area contributed by atoms with Gasteiger partial charge < -0.3 is 15.2 Å². The topological polar surface area (TPSA) is 75.6 Å². The van der Waals surface area contributed by atoms with Crippen LogP contribution < -0.4 is 10.1 Å². The number of carbonyl (C=O) groups is 2. The van der Waals surface area contributed by atoms with Gasteiger partial charge in [0.05, 0.1) is 18.4 Å². The smallest absolute Gasteiger partial charge is 0.311 e. The summed E-state index contributed by atoms with van der Waals surface area (Å²) in [5, 5.41) is 11.9. The van der Waals surface area contributed by atoms with Gasteiger partial charge in [-0.05, 0) is 31.4 Å². The summed E-state index contributed by atoms with van der Waals surface area (Å²) in [6.07, 6.45) is 2.42. The Morgan fingerprint density at radius 1 is 1.33 bits per heavy atom. The van der Waals surface area contributed by atoms with Gasteiger partial charge >= 0.3 is 5.97 Å². The van der Waals surface area contributed by atoms with E-state index >= 15 is 0 Å². The molecule has 1 aliphatic rings. The maximum absolute atomic E-state index is 11.7. The van der Waals surface area contributed by atoms with Crippen LogP contribution in [0.15, 0.2) is 24.3 Å². The summed E-state index contributed by atoms with van der Waals surface area (Å²) in [6.45, 7) is 2.45. The molecule has 0 aromatic heterocycles. The third-order valence-electron chi connectivity index (χ3n) is 4.07. The molecule has 0 radical (unpaired) electrons. The van der Waals surface area contributed by atoms with Gasteiger partial charge in [-0.3, -0.25) is 9.59 Å². The highest BCUT2D eigenvalue weighted by Crippen LogP contribution is 2.40. The number of nitrogens with one attached hydrogen (secondary N) is 1. The van der Waals surface area contributed by atoms with Gasteiger partial charge in [-0.25, -0.2) is 0 Å². The first-order chi connectivity index (χ1) is 10.0. The molecule has 0 heterocycles. The predicted octanol–water partition coefficient (Wildman–Crippen LogP) is 2.14. The molecule has 1 aromatic carbocycles. The third kappa shape index (κ3) is 3.74. The molecule has 1 fully saturated rings. The zero-order valence-electron chi connectivity index (χ0n) is 12.2. The summed E-state index contributed by atoms with van der Waals surface area (Å²) in [4.78, 5) is 22.9. The Balaban J connectivity index is 1.71. The SMILES string of the molecule is Cc1ccccc1OCCC(=O)NCC1(C(=O)O)CCC1. The molecule has 1 amide bonds. The number of benzene rings is 1. The summed E-state index contributed by atoms with van der Waals surface area (Å²) in [5.41, 5.74) is 0.282. The molecule has 0 unspecified atom stereocenters. The van der Waals surface area contributed by atoms with Gasteiger partial charge in [0.2, 0.25) is 5.91 Å². The van der Waals surface area contributed by atoms with Crippen molar-refractivity contribution >= 4 is 11.9 Å². The van der Waals surface area contributed by atoms with Crippen molar-refractivity contribution in [2.24, 2.45) is 5.41 Å². The molecule has 5 heteroatoms. The van der Waals surface area contributed by atoms with Crippen LogP contribution in [0.25, 0.3) is 0 Å². The second-order valence-electron chi connectivity index (χ2n) is 5.58. The van der Waals surface area contributed by atoms with Gasteiger partial charge in [-0.15, -0.1) is 0 Å². The third-order valence-corrected chi connectivity index (χ3v) is 4.07. The van der Waals surface area contributed by atoms with Crippen molar-refractivity contribution < 1.29 is 19.4 Å². The van der Waals surface area contributed by atoms with E-state index in [1.807, 2.05) is 31.2 Å². The Labute approximate surface area is 124 Å². The van der Waals surface area contributed by atoms with E-state index in [0.717, 1.165) is 17.7 Å². The number of carboxylic acid groups (broad SMARTS) is 1. The van der Waals surface area contributed by atoms with Crippen molar-refractivity contribution in [3.05, 3.63) is 29.8 Å².